The molecule has 218 valence electrons. The zero-order valence-electron chi connectivity index (χ0n) is 23.4. The monoisotopic (exact) mass is 567 g/mol. The fraction of sp³-hybridized carbons (Fsp3) is 0.444. The molecule has 14 heteroatoms. The van der Waals surface area contributed by atoms with Crippen LogP contribution >= 0.6 is 0 Å². The summed E-state index contributed by atoms with van der Waals surface area (Å²) in [6, 6.07) is 7.97. The Bertz CT molecular complexity index is 1290. The van der Waals surface area contributed by atoms with Crippen molar-refractivity contribution in [3.05, 3.63) is 60.2 Å². The minimum absolute atomic E-state index is 0.0179. The van der Waals surface area contributed by atoms with E-state index < -0.39 is 66.8 Å². The lowest BCUT2D eigenvalue weighted by Gasteiger charge is -2.56. The number of amides is 3. The number of aromatic nitrogens is 2. The third-order valence-electron chi connectivity index (χ3n) is 6.94. The maximum absolute atomic E-state index is 13.8. The fourth-order valence-corrected chi connectivity index (χ4v) is 5.20. The molecule has 2 bridgehead atoms. The number of rotatable bonds is 10. The lowest BCUT2D eigenvalue weighted by atomic mass is 9.61. The van der Waals surface area contributed by atoms with Gasteiger partial charge in [0.15, 0.2) is 0 Å². The summed E-state index contributed by atoms with van der Waals surface area (Å²) in [6.07, 6.45) is 3.49. The Morgan fingerprint density at radius 3 is 2.46 bits per heavy atom. The Morgan fingerprint density at radius 1 is 1.10 bits per heavy atom. The van der Waals surface area contributed by atoms with Crippen molar-refractivity contribution >= 4 is 36.4 Å². The topological polar surface area (TPSA) is 170 Å². The Kier molecular flexibility index (Phi) is 8.71. The first-order valence-corrected chi connectivity index (χ1v) is 13.4. The molecule has 4 atom stereocenters. The fourth-order valence-electron chi connectivity index (χ4n) is 5.20. The van der Waals surface area contributed by atoms with Crippen molar-refractivity contribution < 1.29 is 37.9 Å². The lowest BCUT2D eigenvalue weighted by Crippen LogP contribution is -2.77. The van der Waals surface area contributed by atoms with Gasteiger partial charge < -0.3 is 29.5 Å². The van der Waals surface area contributed by atoms with Crippen molar-refractivity contribution in [2.24, 2.45) is 5.92 Å². The van der Waals surface area contributed by atoms with Crippen LogP contribution in [-0.4, -0.2) is 87.6 Å². The number of hydrogen-bond acceptors (Lipinski definition) is 9. The van der Waals surface area contributed by atoms with E-state index in [2.05, 4.69) is 25.3 Å². The Labute approximate surface area is 237 Å². The van der Waals surface area contributed by atoms with Crippen LogP contribution in [0.4, 0.5) is 0 Å². The second-order valence-electron chi connectivity index (χ2n) is 11.0. The molecule has 2 aromatic rings. The maximum Gasteiger partial charge on any atom is 0.594 e. The molecule has 3 amide bonds. The molecule has 0 saturated carbocycles. The number of likely N-dealkylation sites (N-methyl/N-ethyl adjacent to an activating group) is 1. The van der Waals surface area contributed by atoms with Gasteiger partial charge in [-0.2, -0.15) is 0 Å². The van der Waals surface area contributed by atoms with Crippen molar-refractivity contribution in [3.63, 3.8) is 0 Å². The van der Waals surface area contributed by atoms with Gasteiger partial charge in [0.25, 0.3) is 17.8 Å². The molecule has 3 heterocycles. The number of nitrogens with zero attached hydrogens (tertiary/aromatic N) is 3. The summed E-state index contributed by atoms with van der Waals surface area (Å²) in [4.78, 5) is 74.9. The Balaban J connectivity index is 1.66. The molecule has 2 fully saturated rings. The molecule has 4 rings (SSSR count). The molecule has 2 aliphatic rings. The standard InChI is InChI=1S/C27H34BN5O8/c1-17(2)12-21(28-39-22(34)14-27(41-28,15-23(35)40-28)26(38)33(3)4)32-24(36)19(13-18-8-6-5-7-9-18)31-25(37)20-16-29-10-11-30-20/h5-11,16-17,19,21,39H,12-15H2,1-4H3,(H,31,37)(H,32,36)/t19-,21-,27-,28?/m0/s1. The third-order valence-corrected chi connectivity index (χ3v) is 6.94. The summed E-state index contributed by atoms with van der Waals surface area (Å²) in [5, 5.41) is 5.53. The van der Waals surface area contributed by atoms with Crippen LogP contribution in [0.1, 0.15) is 49.2 Å². The van der Waals surface area contributed by atoms with E-state index in [1.54, 1.807) is 0 Å². The summed E-state index contributed by atoms with van der Waals surface area (Å²) in [5.41, 5.74) is -1.00. The van der Waals surface area contributed by atoms with Gasteiger partial charge in [-0.25, -0.2) is 4.98 Å². The van der Waals surface area contributed by atoms with Crippen LogP contribution < -0.4 is 10.6 Å². The molecular weight excluding hydrogens is 533 g/mol. The van der Waals surface area contributed by atoms with Crippen LogP contribution in [0.25, 0.3) is 0 Å². The van der Waals surface area contributed by atoms with E-state index in [9.17, 15) is 24.0 Å². The van der Waals surface area contributed by atoms with Gasteiger partial charge in [-0.1, -0.05) is 50.6 Å². The number of benzene rings is 1. The molecule has 2 aliphatic heterocycles. The van der Waals surface area contributed by atoms with Crippen LogP contribution in [0, 0.1) is 5.92 Å². The van der Waals surface area contributed by atoms with Gasteiger partial charge in [0.1, 0.15) is 23.8 Å². The minimum atomic E-state index is -3.15. The van der Waals surface area contributed by atoms with E-state index in [4.69, 9.17) is 9.31 Å². The van der Waals surface area contributed by atoms with Gasteiger partial charge >= 0.3 is 12.7 Å². The van der Waals surface area contributed by atoms with Crippen LogP contribution in [0.15, 0.2) is 48.9 Å². The first kappa shape index (κ1) is 29.7. The summed E-state index contributed by atoms with van der Waals surface area (Å²) < 4.78 is 15.9. The number of nitrogens with one attached hydrogen (secondary N) is 2. The SMILES string of the molecule is CC(C)C[C@H](NC(=O)[C@H](Cc1ccccc1)NC(=O)c1cnccn1)[B-]12OC(=O)C[C@](C(=O)N(C)C)(CC(=O)[OH+]1)O2. The summed E-state index contributed by atoms with van der Waals surface area (Å²) >= 11 is 0. The lowest BCUT2D eigenvalue weighted by molar-refractivity contribution is -0.204. The van der Waals surface area contributed by atoms with Gasteiger partial charge in [-0.05, 0) is 11.5 Å². The first-order chi connectivity index (χ1) is 19.4. The van der Waals surface area contributed by atoms with Crippen LogP contribution in [0.3, 0.4) is 0 Å². The van der Waals surface area contributed by atoms with E-state index in [0.29, 0.717) is 0 Å². The number of fused-ring (bicyclic) bond motifs is 2. The molecule has 1 unspecified atom stereocenters. The number of carbonyl (C=O) groups excluding carboxylic acids is 4. The van der Waals surface area contributed by atoms with Gasteiger partial charge in [0.2, 0.25) is 5.91 Å². The van der Waals surface area contributed by atoms with Crippen molar-refractivity contribution in [1.29, 1.82) is 0 Å². The number of carbonyl (C=O) groups is 5. The molecule has 2 saturated heterocycles. The average Bonchev–Trinajstić information content (AvgIpc) is 2.91. The average molecular weight is 567 g/mol. The molecule has 0 spiro atoms. The van der Waals surface area contributed by atoms with Crippen LogP contribution in [0.2, 0.25) is 0 Å². The highest BCUT2D eigenvalue weighted by Gasteiger charge is 2.65. The normalized spacial score (nSPS) is 23.0. The minimum Gasteiger partial charge on any atom is -0.717 e. The predicted octanol–water partition coefficient (Wildman–Crippen LogP) is 0.0755. The first-order valence-electron chi connectivity index (χ1n) is 13.4. The zero-order valence-corrected chi connectivity index (χ0v) is 23.4. The molecule has 0 radical (unpaired) electrons. The van der Waals surface area contributed by atoms with Crippen LogP contribution in [-0.2, 0) is 34.9 Å². The van der Waals surface area contributed by atoms with Gasteiger partial charge in [-0.3, -0.25) is 24.2 Å². The predicted molar refractivity (Wildman–Crippen MR) is 146 cm³/mol. The molecule has 3 N–H and O–H groups in total. The largest absolute Gasteiger partial charge is 0.717 e. The summed E-state index contributed by atoms with van der Waals surface area (Å²) in [6.45, 7) is 0.598. The molecule has 0 aliphatic carbocycles. The van der Waals surface area contributed by atoms with E-state index in [0.717, 1.165) is 5.56 Å². The summed E-state index contributed by atoms with van der Waals surface area (Å²) in [5.74, 6) is -4.42. The molecule has 41 heavy (non-hydrogen) atoms. The smallest absolute Gasteiger partial charge is 0.594 e. The van der Waals surface area contributed by atoms with Gasteiger partial charge in [0, 0.05) is 43.6 Å². The van der Waals surface area contributed by atoms with E-state index in [-0.39, 0.29) is 24.5 Å². The van der Waals surface area contributed by atoms with Crippen molar-refractivity contribution in [2.45, 2.75) is 57.1 Å². The number of aliphatic carboxylic acids is 1. The molecule has 13 nitrogen and oxygen atoms in total. The highest BCUT2D eigenvalue weighted by molar-refractivity contribution is 6.66. The van der Waals surface area contributed by atoms with Crippen molar-refractivity contribution in [2.75, 3.05) is 14.1 Å². The molecular formula is C27H34BN5O8. The second-order valence-corrected chi connectivity index (χ2v) is 11.0. The highest BCUT2D eigenvalue weighted by atomic mass is 16.8. The Hall–Kier alpha value is -4.33. The van der Waals surface area contributed by atoms with E-state index >= 15 is 0 Å². The molecule has 1 aromatic carbocycles. The quantitative estimate of drug-likeness (QED) is 0.298. The second kappa shape index (κ2) is 12.0. The number of hydrogen-bond donors (Lipinski definition) is 2. The number of carboxylic acids is 1. The van der Waals surface area contributed by atoms with Gasteiger partial charge in [-0.15, -0.1) is 0 Å². The van der Waals surface area contributed by atoms with Gasteiger partial charge in [0.05, 0.1) is 12.6 Å². The highest BCUT2D eigenvalue weighted by Crippen LogP contribution is 2.40. The van der Waals surface area contributed by atoms with E-state index in [1.807, 2.05) is 44.2 Å². The van der Waals surface area contributed by atoms with Crippen molar-refractivity contribution in [1.82, 2.24) is 25.5 Å². The maximum atomic E-state index is 13.8. The Morgan fingerprint density at radius 2 is 1.83 bits per heavy atom. The van der Waals surface area contributed by atoms with E-state index in [1.165, 1.54) is 37.6 Å². The van der Waals surface area contributed by atoms with Crippen LogP contribution in [0.5, 0.6) is 0 Å². The third kappa shape index (κ3) is 6.71. The van der Waals surface area contributed by atoms with Crippen molar-refractivity contribution in [3.8, 4) is 0 Å². The summed E-state index contributed by atoms with van der Waals surface area (Å²) in [7, 11) is 2.99. The zero-order chi connectivity index (χ0) is 29.8. The molecule has 1 aromatic heterocycles.